The van der Waals surface area contributed by atoms with Gasteiger partial charge in [0.15, 0.2) is 0 Å². The van der Waals surface area contributed by atoms with Crippen LogP contribution >= 0.6 is 23.2 Å². The molecule has 0 amide bonds. The third-order valence-corrected chi connectivity index (χ3v) is 2.58. The van der Waals surface area contributed by atoms with Crippen molar-refractivity contribution in [2.45, 2.75) is 13.8 Å². The zero-order valence-corrected chi connectivity index (χ0v) is 11.9. The zero-order chi connectivity index (χ0) is 13.4. The van der Waals surface area contributed by atoms with Gasteiger partial charge in [0.05, 0.1) is 17.4 Å². The molecule has 0 radical (unpaired) electrons. The van der Waals surface area contributed by atoms with E-state index in [9.17, 15) is 0 Å². The molecule has 0 aliphatic heterocycles. The maximum absolute atomic E-state index is 5.97. The highest BCUT2D eigenvalue weighted by Gasteiger charge is 2.01. The summed E-state index contributed by atoms with van der Waals surface area (Å²) in [6.45, 7) is 4.87. The Balaban J connectivity index is 2.37. The summed E-state index contributed by atoms with van der Waals surface area (Å²) in [6.07, 6.45) is 3.73. The Labute approximate surface area is 117 Å². The molecule has 18 heavy (non-hydrogen) atoms. The molecule has 5 heteroatoms. The van der Waals surface area contributed by atoms with Crippen LogP contribution in [0.2, 0.25) is 10.0 Å². The highest BCUT2D eigenvalue weighted by molar-refractivity contribution is 6.35. The molecule has 0 atom stereocenters. The smallest absolute Gasteiger partial charge is 0.138 e. The van der Waals surface area contributed by atoms with Crippen molar-refractivity contribution >= 4 is 29.0 Å². The topological polar surface area (TPSA) is 33.6 Å². The van der Waals surface area contributed by atoms with Crippen molar-refractivity contribution in [1.29, 1.82) is 0 Å². The normalized spacial score (nSPS) is 11.9. The van der Waals surface area contributed by atoms with Gasteiger partial charge in [-0.1, -0.05) is 29.3 Å². The van der Waals surface area contributed by atoms with Gasteiger partial charge in [-0.3, -0.25) is 4.99 Å². The predicted molar refractivity (Wildman–Crippen MR) is 77.9 cm³/mol. The number of rotatable bonds is 5. The molecule has 0 aromatic heterocycles. The predicted octanol–water partition coefficient (Wildman–Crippen LogP) is 3.91. The Morgan fingerprint density at radius 3 is 2.89 bits per heavy atom. The minimum absolute atomic E-state index is 0.468. The summed E-state index contributed by atoms with van der Waals surface area (Å²) in [5.41, 5.74) is 0. The van der Waals surface area contributed by atoms with Crippen molar-refractivity contribution in [3.8, 4) is 5.75 Å². The van der Waals surface area contributed by atoms with Crippen molar-refractivity contribution in [3.63, 3.8) is 0 Å². The van der Waals surface area contributed by atoms with Gasteiger partial charge in [0.1, 0.15) is 12.4 Å². The lowest BCUT2D eigenvalue weighted by Gasteiger charge is -2.07. The minimum atomic E-state index is 0.468. The number of hydrogen-bond donors (Lipinski definition) is 1. The molecule has 0 saturated carbocycles. The van der Waals surface area contributed by atoms with E-state index in [2.05, 4.69) is 10.3 Å². The van der Waals surface area contributed by atoms with Crippen molar-refractivity contribution in [2.24, 2.45) is 4.99 Å². The van der Waals surface area contributed by atoms with Crippen LogP contribution in [0.4, 0.5) is 0 Å². The van der Waals surface area contributed by atoms with E-state index >= 15 is 0 Å². The third kappa shape index (κ3) is 5.43. The van der Waals surface area contributed by atoms with Gasteiger partial charge in [0.2, 0.25) is 0 Å². The number of amidine groups is 1. The summed E-state index contributed by atoms with van der Waals surface area (Å²) in [6, 6.07) is 5.14. The van der Waals surface area contributed by atoms with Crippen LogP contribution in [0, 0.1) is 0 Å². The summed E-state index contributed by atoms with van der Waals surface area (Å²) < 4.78 is 5.50. The number of nitrogens with one attached hydrogen (secondary N) is 1. The fourth-order valence-corrected chi connectivity index (χ4v) is 1.67. The van der Waals surface area contributed by atoms with Gasteiger partial charge in [-0.15, -0.1) is 0 Å². The Hall–Kier alpha value is -1.19. The fourth-order valence-electron chi connectivity index (χ4n) is 1.21. The Bertz CT molecular complexity index is 445. The largest absolute Gasteiger partial charge is 0.490 e. The number of ether oxygens (including phenoxy) is 1. The van der Waals surface area contributed by atoms with E-state index < -0.39 is 0 Å². The van der Waals surface area contributed by atoms with Gasteiger partial charge in [-0.2, -0.15) is 0 Å². The molecule has 0 unspecified atom stereocenters. The van der Waals surface area contributed by atoms with Crippen molar-refractivity contribution < 1.29 is 4.74 Å². The van der Waals surface area contributed by atoms with Gasteiger partial charge in [-0.05, 0) is 38.2 Å². The number of benzene rings is 1. The summed E-state index contributed by atoms with van der Waals surface area (Å²) in [5, 5.41) is 4.12. The van der Waals surface area contributed by atoms with Crippen LogP contribution in [0.25, 0.3) is 0 Å². The molecule has 0 saturated heterocycles. The molecule has 1 aromatic rings. The lowest BCUT2D eigenvalue weighted by molar-refractivity contribution is 0.329. The van der Waals surface area contributed by atoms with E-state index in [4.69, 9.17) is 27.9 Å². The fraction of sp³-hybridized carbons (Fsp3) is 0.308. The highest BCUT2D eigenvalue weighted by Crippen LogP contribution is 2.27. The molecule has 0 fully saturated rings. The van der Waals surface area contributed by atoms with Crippen LogP contribution in [0.3, 0.4) is 0 Å². The van der Waals surface area contributed by atoms with Crippen LogP contribution in [0.1, 0.15) is 13.8 Å². The molecule has 0 spiro atoms. The summed E-state index contributed by atoms with van der Waals surface area (Å²) in [5.74, 6) is 1.47. The number of aliphatic imine (C=N–C) groups is 1. The Morgan fingerprint density at radius 1 is 1.44 bits per heavy atom. The van der Waals surface area contributed by atoms with Gasteiger partial charge >= 0.3 is 0 Å². The van der Waals surface area contributed by atoms with Gasteiger partial charge in [0.25, 0.3) is 0 Å². The SMILES string of the molecule is C/C=C\NC(C)=NCCOc1ccc(Cl)cc1Cl. The molecule has 1 rings (SSSR count). The molecule has 0 aliphatic carbocycles. The van der Waals surface area contributed by atoms with Crippen LogP contribution in [0.5, 0.6) is 5.75 Å². The van der Waals surface area contributed by atoms with Gasteiger partial charge < -0.3 is 10.1 Å². The lowest BCUT2D eigenvalue weighted by Crippen LogP contribution is -2.14. The third-order valence-electron chi connectivity index (χ3n) is 2.05. The first-order valence-electron chi connectivity index (χ1n) is 5.60. The quantitative estimate of drug-likeness (QED) is 0.506. The van der Waals surface area contributed by atoms with E-state index in [1.165, 1.54) is 0 Å². The average Bonchev–Trinajstić information content (AvgIpc) is 2.34. The van der Waals surface area contributed by atoms with Crippen molar-refractivity contribution in [1.82, 2.24) is 5.32 Å². The second kappa shape index (κ2) is 8.01. The molecule has 1 N–H and O–H groups in total. The monoisotopic (exact) mass is 286 g/mol. The lowest BCUT2D eigenvalue weighted by atomic mass is 10.3. The summed E-state index contributed by atoms with van der Waals surface area (Å²) >= 11 is 11.8. The molecule has 1 aromatic carbocycles. The molecule has 3 nitrogen and oxygen atoms in total. The van der Waals surface area contributed by atoms with Crippen LogP contribution < -0.4 is 10.1 Å². The van der Waals surface area contributed by atoms with Crippen molar-refractivity contribution in [2.75, 3.05) is 13.2 Å². The number of allylic oxidation sites excluding steroid dienone is 1. The van der Waals surface area contributed by atoms with E-state index in [-0.39, 0.29) is 0 Å². The first kappa shape index (κ1) is 14.9. The molecule has 0 heterocycles. The molecule has 98 valence electrons. The minimum Gasteiger partial charge on any atom is -0.490 e. The molecular formula is C13H16Cl2N2O. The van der Waals surface area contributed by atoms with E-state index in [1.54, 1.807) is 18.2 Å². The second-order valence-electron chi connectivity index (χ2n) is 3.53. The van der Waals surface area contributed by atoms with Crippen LogP contribution in [-0.4, -0.2) is 19.0 Å². The number of halogens is 2. The van der Waals surface area contributed by atoms with E-state index in [0.29, 0.717) is 28.9 Å². The number of hydrogen-bond acceptors (Lipinski definition) is 2. The van der Waals surface area contributed by atoms with Gasteiger partial charge in [-0.25, -0.2) is 0 Å². The maximum atomic E-state index is 5.97. The standard InChI is InChI=1S/C13H16Cl2N2O/c1-3-6-16-10(2)17-7-8-18-13-5-4-11(14)9-12(13)15/h3-6,9H,7-8H2,1-2H3,(H,16,17)/b6-3-. The maximum Gasteiger partial charge on any atom is 0.138 e. The molecular weight excluding hydrogens is 271 g/mol. The summed E-state index contributed by atoms with van der Waals surface area (Å²) in [7, 11) is 0. The van der Waals surface area contributed by atoms with Gasteiger partial charge in [0, 0.05) is 5.02 Å². The van der Waals surface area contributed by atoms with Crippen LogP contribution in [-0.2, 0) is 0 Å². The highest BCUT2D eigenvalue weighted by atomic mass is 35.5. The first-order valence-corrected chi connectivity index (χ1v) is 6.35. The first-order chi connectivity index (χ1) is 8.63. The Morgan fingerprint density at radius 2 is 2.22 bits per heavy atom. The van der Waals surface area contributed by atoms with E-state index in [0.717, 1.165) is 5.84 Å². The van der Waals surface area contributed by atoms with Crippen molar-refractivity contribution in [3.05, 3.63) is 40.5 Å². The Kier molecular flexibility index (Phi) is 6.61. The molecule has 0 bridgehead atoms. The zero-order valence-electron chi connectivity index (χ0n) is 10.4. The molecule has 0 aliphatic rings. The number of nitrogens with zero attached hydrogens (tertiary/aromatic N) is 1. The summed E-state index contributed by atoms with van der Waals surface area (Å²) in [4.78, 5) is 4.28. The van der Waals surface area contributed by atoms with Crippen LogP contribution in [0.15, 0.2) is 35.5 Å². The van der Waals surface area contributed by atoms with E-state index in [1.807, 2.05) is 26.1 Å². The second-order valence-corrected chi connectivity index (χ2v) is 4.38. The average molecular weight is 287 g/mol.